The minimum Gasteiger partial charge on any atom is -0.481 e. The topological polar surface area (TPSA) is 74.6 Å². The molecule has 0 aromatic carbocycles. The summed E-state index contributed by atoms with van der Waals surface area (Å²) in [5, 5.41) is 17.4. The van der Waals surface area contributed by atoms with Crippen LogP contribution in [0.5, 0.6) is 0 Å². The zero-order valence-corrected chi connectivity index (χ0v) is 15.6. The Morgan fingerprint density at radius 3 is 1.25 bits per heavy atom. The lowest BCUT2D eigenvalue weighted by atomic mass is 10.0. The zero-order chi connectivity index (χ0) is 18.2. The van der Waals surface area contributed by atoms with Gasteiger partial charge in [-0.2, -0.15) is 0 Å². The van der Waals surface area contributed by atoms with Crippen LogP contribution >= 0.6 is 0 Å². The van der Waals surface area contributed by atoms with Crippen LogP contribution in [0.2, 0.25) is 0 Å². The molecule has 2 N–H and O–H groups in total. The van der Waals surface area contributed by atoms with Crippen molar-refractivity contribution >= 4 is 11.9 Å². The van der Waals surface area contributed by atoms with Gasteiger partial charge in [-0.3, -0.25) is 4.79 Å². The van der Waals surface area contributed by atoms with Crippen molar-refractivity contribution in [2.75, 3.05) is 0 Å². The quantitative estimate of drug-likeness (QED) is 0.269. The van der Waals surface area contributed by atoms with Crippen molar-refractivity contribution in [3.05, 3.63) is 11.1 Å². The Balaban J connectivity index is 3.27. The molecule has 0 spiro atoms. The summed E-state index contributed by atoms with van der Waals surface area (Å²) in [5.74, 6) is -1.48. The molecule has 0 fully saturated rings. The van der Waals surface area contributed by atoms with Gasteiger partial charge in [0.25, 0.3) is 0 Å². The number of aliphatic carboxylic acids is 2. The van der Waals surface area contributed by atoms with Gasteiger partial charge in [0.2, 0.25) is 0 Å². The van der Waals surface area contributed by atoms with Crippen LogP contribution < -0.4 is 0 Å². The van der Waals surface area contributed by atoms with E-state index in [0.717, 1.165) is 37.7 Å². The van der Waals surface area contributed by atoms with Crippen LogP contribution in [0.15, 0.2) is 11.1 Å². The lowest BCUT2D eigenvalue weighted by Crippen LogP contribution is -1.99. The second-order valence-electron chi connectivity index (χ2n) is 6.85. The summed E-state index contributed by atoms with van der Waals surface area (Å²) in [4.78, 5) is 21.2. The molecule has 0 bridgehead atoms. The summed E-state index contributed by atoms with van der Waals surface area (Å²) in [6, 6.07) is 0. The predicted molar refractivity (Wildman–Crippen MR) is 98.3 cm³/mol. The van der Waals surface area contributed by atoms with Gasteiger partial charge in [0.1, 0.15) is 0 Å². The fourth-order valence-corrected chi connectivity index (χ4v) is 2.80. The third-order valence-corrected chi connectivity index (χ3v) is 4.65. The smallest absolute Gasteiger partial charge is 0.331 e. The number of hydrogen-bond acceptors (Lipinski definition) is 2. The van der Waals surface area contributed by atoms with Gasteiger partial charge >= 0.3 is 11.9 Å². The van der Waals surface area contributed by atoms with E-state index in [1.807, 2.05) is 6.92 Å². The number of carboxylic acid groups (broad SMARTS) is 2. The molecule has 0 atom stereocenters. The maximum Gasteiger partial charge on any atom is 0.331 e. The number of carbonyl (C=O) groups is 2. The monoisotopic (exact) mass is 340 g/mol. The van der Waals surface area contributed by atoms with Crippen LogP contribution in [0.25, 0.3) is 0 Å². The van der Waals surface area contributed by atoms with Crippen LogP contribution in [-0.4, -0.2) is 22.2 Å². The van der Waals surface area contributed by atoms with E-state index < -0.39 is 11.9 Å². The Bertz CT molecular complexity index is 385. The average molecular weight is 341 g/mol. The normalized spacial score (nSPS) is 12.1. The Morgan fingerprint density at radius 2 is 0.917 bits per heavy atom. The van der Waals surface area contributed by atoms with Crippen molar-refractivity contribution in [2.45, 2.75) is 104 Å². The van der Waals surface area contributed by atoms with Crippen LogP contribution in [0.4, 0.5) is 0 Å². The first-order valence-electron chi connectivity index (χ1n) is 9.56. The van der Waals surface area contributed by atoms with Crippen molar-refractivity contribution in [1.82, 2.24) is 0 Å². The molecule has 0 amide bonds. The van der Waals surface area contributed by atoms with Crippen molar-refractivity contribution in [3.63, 3.8) is 0 Å². The minimum atomic E-state index is -0.797. The van der Waals surface area contributed by atoms with Gasteiger partial charge in [-0.15, -0.1) is 0 Å². The molecule has 0 saturated heterocycles. The van der Waals surface area contributed by atoms with Gasteiger partial charge in [-0.05, 0) is 33.1 Å². The molecule has 4 nitrogen and oxygen atoms in total. The molecule has 0 aliphatic carbocycles. The largest absolute Gasteiger partial charge is 0.481 e. The summed E-state index contributed by atoms with van der Waals surface area (Å²) < 4.78 is 0. The molecule has 0 aliphatic heterocycles. The van der Waals surface area contributed by atoms with Crippen molar-refractivity contribution < 1.29 is 19.8 Å². The first kappa shape index (κ1) is 22.7. The van der Waals surface area contributed by atoms with E-state index in [9.17, 15) is 9.59 Å². The maximum absolute atomic E-state index is 10.8. The molecule has 0 saturated carbocycles. The molecule has 0 unspecified atom stereocenters. The average Bonchev–Trinajstić information content (AvgIpc) is 2.53. The zero-order valence-electron chi connectivity index (χ0n) is 15.6. The van der Waals surface area contributed by atoms with Gasteiger partial charge in [0, 0.05) is 12.0 Å². The third-order valence-electron chi connectivity index (χ3n) is 4.65. The Kier molecular flexibility index (Phi) is 14.4. The van der Waals surface area contributed by atoms with Crippen LogP contribution in [0, 0.1) is 0 Å². The number of carboxylic acids is 2. The molecule has 0 rings (SSSR count). The maximum atomic E-state index is 10.8. The van der Waals surface area contributed by atoms with Gasteiger partial charge < -0.3 is 10.2 Å². The minimum absolute atomic E-state index is 0.311. The lowest BCUT2D eigenvalue weighted by molar-refractivity contribution is -0.137. The lowest BCUT2D eigenvalue weighted by Gasteiger charge is -2.05. The highest BCUT2D eigenvalue weighted by molar-refractivity contribution is 5.86. The molecular formula is C20H36O4. The molecule has 4 heteroatoms. The molecule has 0 aliphatic rings. The van der Waals surface area contributed by atoms with Crippen LogP contribution in [0.3, 0.4) is 0 Å². The van der Waals surface area contributed by atoms with E-state index in [2.05, 4.69) is 0 Å². The summed E-state index contributed by atoms with van der Waals surface area (Å²) in [5.41, 5.74) is 1.50. The standard InChI is InChI=1S/C20H36O4/c1-17(18(2)20(23)24)15-13-11-9-7-5-3-4-6-8-10-12-14-16-19(21)22/h3-16H2,1-2H3,(H,21,22)(H,23,24). The van der Waals surface area contributed by atoms with E-state index in [0.29, 0.717) is 12.0 Å². The second-order valence-corrected chi connectivity index (χ2v) is 6.85. The van der Waals surface area contributed by atoms with E-state index in [1.165, 1.54) is 51.4 Å². The molecule has 24 heavy (non-hydrogen) atoms. The molecule has 0 radical (unpaired) electrons. The highest BCUT2D eigenvalue weighted by atomic mass is 16.4. The fraction of sp³-hybridized carbons (Fsp3) is 0.800. The summed E-state index contributed by atoms with van der Waals surface area (Å²) in [7, 11) is 0. The molecule has 140 valence electrons. The van der Waals surface area contributed by atoms with E-state index in [1.54, 1.807) is 6.92 Å². The molecule has 0 aromatic rings. The Morgan fingerprint density at radius 1 is 0.583 bits per heavy atom. The summed E-state index contributed by atoms with van der Waals surface area (Å²) >= 11 is 0. The second kappa shape index (κ2) is 15.2. The van der Waals surface area contributed by atoms with Gasteiger partial charge in [-0.25, -0.2) is 4.79 Å². The molecule has 0 aromatic heterocycles. The number of allylic oxidation sites excluding steroid dienone is 1. The van der Waals surface area contributed by atoms with Crippen molar-refractivity contribution in [2.24, 2.45) is 0 Å². The summed E-state index contributed by atoms with van der Waals surface area (Å²) in [6.45, 7) is 3.61. The first-order valence-corrected chi connectivity index (χ1v) is 9.56. The van der Waals surface area contributed by atoms with Crippen molar-refractivity contribution in [3.8, 4) is 0 Å². The Hall–Kier alpha value is -1.32. The van der Waals surface area contributed by atoms with Crippen LogP contribution in [0.1, 0.15) is 104 Å². The number of hydrogen-bond donors (Lipinski definition) is 2. The first-order chi connectivity index (χ1) is 11.4. The molecule has 0 heterocycles. The number of unbranched alkanes of at least 4 members (excludes halogenated alkanes) is 11. The van der Waals surface area contributed by atoms with E-state index >= 15 is 0 Å². The third kappa shape index (κ3) is 14.3. The fourth-order valence-electron chi connectivity index (χ4n) is 2.80. The molecular weight excluding hydrogens is 304 g/mol. The number of rotatable bonds is 16. The van der Waals surface area contributed by atoms with Gasteiger partial charge in [0.05, 0.1) is 0 Å². The van der Waals surface area contributed by atoms with E-state index in [4.69, 9.17) is 10.2 Å². The highest BCUT2D eigenvalue weighted by Gasteiger charge is 2.04. The Labute approximate surface area is 147 Å². The SMILES string of the molecule is CC(CCCCCCCCCCCCCCC(=O)O)=C(C)C(=O)O. The van der Waals surface area contributed by atoms with E-state index in [-0.39, 0.29) is 0 Å². The van der Waals surface area contributed by atoms with Crippen molar-refractivity contribution in [1.29, 1.82) is 0 Å². The summed E-state index contributed by atoms with van der Waals surface area (Å²) in [6.07, 6.45) is 15.4. The van der Waals surface area contributed by atoms with Gasteiger partial charge in [-0.1, -0.05) is 69.8 Å². The van der Waals surface area contributed by atoms with Gasteiger partial charge in [0.15, 0.2) is 0 Å². The highest BCUT2D eigenvalue weighted by Crippen LogP contribution is 2.16. The van der Waals surface area contributed by atoms with Crippen LogP contribution in [-0.2, 0) is 9.59 Å². The predicted octanol–water partition coefficient (Wildman–Crippen LogP) is 5.95.